The Labute approximate surface area is 101 Å². The Morgan fingerprint density at radius 1 is 1.19 bits per heavy atom. The summed E-state index contributed by atoms with van der Waals surface area (Å²) in [6.07, 6.45) is 4.47. The van der Waals surface area contributed by atoms with Crippen molar-refractivity contribution in [2.75, 3.05) is 13.6 Å². The minimum Gasteiger partial charge on any atom is -0.376 e. The molecule has 0 spiro atoms. The standard InChI is InChI=1S/C14H28N2/c1-11(2)15-9-8-13(5)10-14(6)16(7)12(3)4/h8,10-12,15H,9H2,1-7H3/b13-8-,14-10+. The van der Waals surface area contributed by atoms with Crippen LogP contribution < -0.4 is 5.32 Å². The van der Waals surface area contributed by atoms with Gasteiger partial charge in [0.15, 0.2) is 0 Å². The third kappa shape index (κ3) is 6.67. The Morgan fingerprint density at radius 3 is 2.19 bits per heavy atom. The first-order valence-electron chi connectivity index (χ1n) is 6.15. The molecule has 0 saturated heterocycles. The van der Waals surface area contributed by atoms with Crippen molar-refractivity contribution in [2.24, 2.45) is 0 Å². The van der Waals surface area contributed by atoms with Gasteiger partial charge < -0.3 is 10.2 Å². The second-order valence-corrected chi connectivity index (χ2v) is 5.00. The number of nitrogens with one attached hydrogen (secondary N) is 1. The average Bonchev–Trinajstić information content (AvgIpc) is 2.15. The molecule has 0 aliphatic rings. The quantitative estimate of drug-likeness (QED) is 0.697. The number of hydrogen-bond acceptors (Lipinski definition) is 2. The van der Waals surface area contributed by atoms with Gasteiger partial charge in [0.1, 0.15) is 0 Å². The van der Waals surface area contributed by atoms with E-state index in [-0.39, 0.29) is 0 Å². The molecule has 0 rings (SSSR count). The maximum Gasteiger partial charge on any atom is 0.0227 e. The van der Waals surface area contributed by atoms with E-state index < -0.39 is 0 Å². The Hall–Kier alpha value is -0.760. The van der Waals surface area contributed by atoms with Crippen LogP contribution in [0.15, 0.2) is 23.4 Å². The average molecular weight is 224 g/mol. The topological polar surface area (TPSA) is 15.3 Å². The van der Waals surface area contributed by atoms with E-state index in [4.69, 9.17) is 0 Å². The van der Waals surface area contributed by atoms with Crippen LogP contribution in [0, 0.1) is 0 Å². The minimum absolute atomic E-state index is 0.549. The highest BCUT2D eigenvalue weighted by atomic mass is 15.1. The van der Waals surface area contributed by atoms with Gasteiger partial charge in [0, 0.05) is 31.4 Å². The molecular weight excluding hydrogens is 196 g/mol. The monoisotopic (exact) mass is 224 g/mol. The molecule has 0 heterocycles. The number of nitrogens with zero attached hydrogens (tertiary/aromatic N) is 1. The van der Waals surface area contributed by atoms with Crippen molar-refractivity contribution in [3.8, 4) is 0 Å². The van der Waals surface area contributed by atoms with Crippen LogP contribution >= 0.6 is 0 Å². The van der Waals surface area contributed by atoms with Gasteiger partial charge in [-0.3, -0.25) is 0 Å². The smallest absolute Gasteiger partial charge is 0.0227 e. The van der Waals surface area contributed by atoms with E-state index in [1.165, 1.54) is 11.3 Å². The summed E-state index contributed by atoms with van der Waals surface area (Å²) in [4.78, 5) is 2.28. The van der Waals surface area contributed by atoms with E-state index in [0.29, 0.717) is 12.1 Å². The lowest BCUT2D eigenvalue weighted by atomic mass is 10.2. The molecule has 1 N–H and O–H groups in total. The summed E-state index contributed by atoms with van der Waals surface area (Å²) in [6, 6.07) is 1.10. The highest BCUT2D eigenvalue weighted by molar-refractivity contribution is 5.20. The molecule has 0 radical (unpaired) electrons. The second-order valence-electron chi connectivity index (χ2n) is 5.00. The van der Waals surface area contributed by atoms with E-state index in [9.17, 15) is 0 Å². The fourth-order valence-corrected chi connectivity index (χ4v) is 1.35. The lowest BCUT2D eigenvalue weighted by Crippen LogP contribution is -2.24. The fourth-order valence-electron chi connectivity index (χ4n) is 1.35. The van der Waals surface area contributed by atoms with Gasteiger partial charge >= 0.3 is 0 Å². The maximum atomic E-state index is 3.38. The number of hydrogen-bond donors (Lipinski definition) is 1. The number of allylic oxidation sites excluding steroid dienone is 3. The third-order valence-electron chi connectivity index (χ3n) is 2.72. The van der Waals surface area contributed by atoms with Crippen LogP contribution in [0.3, 0.4) is 0 Å². The molecule has 0 aromatic rings. The maximum absolute atomic E-state index is 3.38. The SMILES string of the molecule is CC(=C/CNC(C)C)/C=C(\C)N(C)C(C)C. The molecule has 0 fully saturated rings. The summed E-state index contributed by atoms with van der Waals surface area (Å²) in [7, 11) is 2.14. The zero-order valence-electron chi connectivity index (χ0n) is 12.0. The fraction of sp³-hybridized carbons (Fsp3) is 0.714. The van der Waals surface area contributed by atoms with E-state index in [2.05, 4.69) is 71.0 Å². The largest absolute Gasteiger partial charge is 0.376 e. The van der Waals surface area contributed by atoms with Gasteiger partial charge in [0.25, 0.3) is 0 Å². The van der Waals surface area contributed by atoms with Crippen LogP contribution in [0.1, 0.15) is 41.5 Å². The van der Waals surface area contributed by atoms with Crippen molar-refractivity contribution in [3.63, 3.8) is 0 Å². The highest BCUT2D eigenvalue weighted by Crippen LogP contribution is 2.08. The molecule has 0 aliphatic carbocycles. The predicted octanol–water partition coefficient (Wildman–Crippen LogP) is 3.17. The molecule has 94 valence electrons. The molecule has 0 aliphatic heterocycles. The summed E-state index contributed by atoms with van der Waals surface area (Å²) < 4.78 is 0. The first-order chi connectivity index (χ1) is 7.34. The molecule has 2 heteroatoms. The first kappa shape index (κ1) is 15.2. The molecule has 0 atom stereocenters. The van der Waals surface area contributed by atoms with Gasteiger partial charge in [-0.1, -0.05) is 25.5 Å². The van der Waals surface area contributed by atoms with Crippen LogP contribution in [0.25, 0.3) is 0 Å². The molecule has 2 nitrogen and oxygen atoms in total. The van der Waals surface area contributed by atoms with E-state index in [0.717, 1.165) is 6.54 Å². The van der Waals surface area contributed by atoms with Crippen LogP contribution in [0.4, 0.5) is 0 Å². The van der Waals surface area contributed by atoms with Gasteiger partial charge in [0.05, 0.1) is 0 Å². The Morgan fingerprint density at radius 2 is 1.75 bits per heavy atom. The van der Waals surface area contributed by atoms with E-state index in [1.807, 2.05) is 0 Å². The lowest BCUT2D eigenvalue weighted by Gasteiger charge is -2.24. The number of rotatable bonds is 6. The van der Waals surface area contributed by atoms with Crippen LogP contribution in [-0.4, -0.2) is 30.6 Å². The molecule has 0 amide bonds. The highest BCUT2D eigenvalue weighted by Gasteiger charge is 2.02. The van der Waals surface area contributed by atoms with E-state index in [1.54, 1.807) is 0 Å². The van der Waals surface area contributed by atoms with Gasteiger partial charge in [-0.2, -0.15) is 0 Å². The Bertz CT molecular complexity index is 249. The van der Waals surface area contributed by atoms with Crippen molar-refractivity contribution >= 4 is 0 Å². The summed E-state index contributed by atoms with van der Waals surface area (Å²) >= 11 is 0. The van der Waals surface area contributed by atoms with Crippen LogP contribution in [0.2, 0.25) is 0 Å². The van der Waals surface area contributed by atoms with Crippen LogP contribution in [0.5, 0.6) is 0 Å². The molecule has 0 bridgehead atoms. The Balaban J connectivity index is 4.29. The zero-order valence-corrected chi connectivity index (χ0v) is 12.0. The van der Waals surface area contributed by atoms with Gasteiger partial charge in [-0.25, -0.2) is 0 Å². The molecule has 16 heavy (non-hydrogen) atoms. The minimum atomic E-state index is 0.549. The van der Waals surface area contributed by atoms with Crippen molar-refractivity contribution in [2.45, 2.75) is 53.6 Å². The van der Waals surface area contributed by atoms with Gasteiger partial charge in [0.2, 0.25) is 0 Å². The normalized spacial score (nSPS) is 13.8. The second kappa shape index (κ2) is 7.50. The van der Waals surface area contributed by atoms with Gasteiger partial charge in [-0.05, 0) is 33.8 Å². The molecule has 0 aromatic carbocycles. The lowest BCUT2D eigenvalue weighted by molar-refractivity contribution is 0.345. The van der Waals surface area contributed by atoms with Crippen molar-refractivity contribution in [1.82, 2.24) is 10.2 Å². The summed E-state index contributed by atoms with van der Waals surface area (Å²) in [5, 5.41) is 3.38. The van der Waals surface area contributed by atoms with Crippen molar-refractivity contribution in [3.05, 3.63) is 23.4 Å². The summed E-state index contributed by atoms with van der Waals surface area (Å²) in [6.45, 7) is 14.0. The molecule has 0 unspecified atom stereocenters. The Kier molecular flexibility index (Phi) is 7.15. The molecule has 0 aromatic heterocycles. The molecular formula is C14H28N2. The third-order valence-corrected chi connectivity index (χ3v) is 2.72. The van der Waals surface area contributed by atoms with E-state index >= 15 is 0 Å². The molecule has 0 saturated carbocycles. The summed E-state index contributed by atoms with van der Waals surface area (Å²) in [5.74, 6) is 0. The van der Waals surface area contributed by atoms with Crippen molar-refractivity contribution < 1.29 is 0 Å². The van der Waals surface area contributed by atoms with Gasteiger partial charge in [-0.15, -0.1) is 0 Å². The predicted molar refractivity (Wildman–Crippen MR) is 73.6 cm³/mol. The first-order valence-corrected chi connectivity index (χ1v) is 6.15. The van der Waals surface area contributed by atoms with Crippen LogP contribution in [-0.2, 0) is 0 Å². The summed E-state index contributed by atoms with van der Waals surface area (Å²) in [5.41, 5.74) is 2.63. The van der Waals surface area contributed by atoms with Crippen molar-refractivity contribution in [1.29, 1.82) is 0 Å². The zero-order chi connectivity index (χ0) is 12.7.